The molecule has 14 heavy (non-hydrogen) atoms. The molecule has 76 valence electrons. The summed E-state index contributed by atoms with van der Waals surface area (Å²) in [5, 5.41) is 0. The highest BCUT2D eigenvalue weighted by Crippen LogP contribution is 2.20. The summed E-state index contributed by atoms with van der Waals surface area (Å²) >= 11 is 0. The Kier molecular flexibility index (Phi) is 4.45. The van der Waals surface area contributed by atoms with Gasteiger partial charge in [0, 0.05) is 0 Å². The van der Waals surface area contributed by atoms with Crippen LogP contribution < -0.4 is 0 Å². The molecule has 0 aliphatic carbocycles. The van der Waals surface area contributed by atoms with Crippen LogP contribution in [0, 0.1) is 0 Å². The van der Waals surface area contributed by atoms with Crippen LogP contribution in [0.15, 0.2) is 42.0 Å². The molecule has 1 unspecified atom stereocenters. The van der Waals surface area contributed by atoms with Gasteiger partial charge in [0.2, 0.25) is 0 Å². The average molecular weight is 188 g/mol. The van der Waals surface area contributed by atoms with Gasteiger partial charge in [0.05, 0.1) is 0 Å². The molecule has 0 nitrogen and oxygen atoms in total. The maximum atomic E-state index is 2.32. The SMILES string of the molecule is CC(C)=CCCC(C)c1ccccc1. The Hall–Kier alpha value is -1.04. The molecule has 0 fully saturated rings. The molecule has 0 heteroatoms. The highest BCUT2D eigenvalue weighted by Gasteiger charge is 2.02. The molecule has 0 N–H and O–H groups in total. The summed E-state index contributed by atoms with van der Waals surface area (Å²) in [6.07, 6.45) is 4.76. The second-order valence-electron chi connectivity index (χ2n) is 4.17. The number of allylic oxidation sites excluding steroid dienone is 2. The molecule has 0 heterocycles. The third-order valence-corrected chi connectivity index (χ3v) is 2.52. The fourth-order valence-corrected chi connectivity index (χ4v) is 1.57. The predicted molar refractivity (Wildman–Crippen MR) is 63.5 cm³/mol. The minimum atomic E-state index is 0.673. The van der Waals surface area contributed by atoms with Crippen LogP contribution in [-0.4, -0.2) is 0 Å². The van der Waals surface area contributed by atoms with Crippen LogP contribution in [0.1, 0.15) is 45.1 Å². The molecule has 1 aromatic rings. The van der Waals surface area contributed by atoms with Gasteiger partial charge in [-0.05, 0) is 38.2 Å². The molecule has 1 aromatic carbocycles. The van der Waals surface area contributed by atoms with E-state index < -0.39 is 0 Å². The first kappa shape index (κ1) is 11.0. The molecule has 0 saturated heterocycles. The molecule has 0 bridgehead atoms. The minimum Gasteiger partial charge on any atom is -0.0859 e. The van der Waals surface area contributed by atoms with Crippen molar-refractivity contribution in [3.8, 4) is 0 Å². The van der Waals surface area contributed by atoms with Crippen molar-refractivity contribution in [1.82, 2.24) is 0 Å². The van der Waals surface area contributed by atoms with Crippen molar-refractivity contribution in [2.45, 2.75) is 39.5 Å². The summed E-state index contributed by atoms with van der Waals surface area (Å²) < 4.78 is 0. The summed E-state index contributed by atoms with van der Waals surface area (Å²) in [6.45, 7) is 6.62. The Morgan fingerprint density at radius 2 is 1.86 bits per heavy atom. The molecule has 1 rings (SSSR count). The average Bonchev–Trinajstić information content (AvgIpc) is 2.18. The van der Waals surface area contributed by atoms with E-state index in [1.807, 2.05) is 0 Å². The molecule has 0 radical (unpaired) electrons. The van der Waals surface area contributed by atoms with E-state index >= 15 is 0 Å². The van der Waals surface area contributed by atoms with Gasteiger partial charge < -0.3 is 0 Å². The Balaban J connectivity index is 2.43. The predicted octanol–water partition coefficient (Wildman–Crippen LogP) is 4.54. The highest BCUT2D eigenvalue weighted by atomic mass is 14.1. The number of rotatable bonds is 4. The maximum absolute atomic E-state index is 2.32. The second kappa shape index (κ2) is 5.64. The summed E-state index contributed by atoms with van der Waals surface area (Å²) in [7, 11) is 0. The van der Waals surface area contributed by atoms with Gasteiger partial charge in [-0.25, -0.2) is 0 Å². The molecule has 0 aliphatic heterocycles. The van der Waals surface area contributed by atoms with E-state index in [0.29, 0.717) is 5.92 Å². The van der Waals surface area contributed by atoms with Gasteiger partial charge in [-0.3, -0.25) is 0 Å². The smallest absolute Gasteiger partial charge is 0.0187 e. The van der Waals surface area contributed by atoms with E-state index in [2.05, 4.69) is 57.2 Å². The Labute approximate surface area is 87.7 Å². The highest BCUT2D eigenvalue weighted by molar-refractivity contribution is 5.18. The fraction of sp³-hybridized carbons (Fsp3) is 0.429. The van der Waals surface area contributed by atoms with Gasteiger partial charge in [0.15, 0.2) is 0 Å². The van der Waals surface area contributed by atoms with Crippen LogP contribution in [0.2, 0.25) is 0 Å². The van der Waals surface area contributed by atoms with Gasteiger partial charge in [0.25, 0.3) is 0 Å². The summed E-state index contributed by atoms with van der Waals surface area (Å²) in [5.74, 6) is 0.673. The maximum Gasteiger partial charge on any atom is -0.0187 e. The van der Waals surface area contributed by atoms with E-state index in [9.17, 15) is 0 Å². The molecule has 0 aromatic heterocycles. The van der Waals surface area contributed by atoms with Crippen LogP contribution in [0.3, 0.4) is 0 Å². The van der Waals surface area contributed by atoms with E-state index in [0.717, 1.165) is 0 Å². The van der Waals surface area contributed by atoms with Crippen LogP contribution in [-0.2, 0) is 0 Å². The van der Waals surface area contributed by atoms with Gasteiger partial charge in [-0.15, -0.1) is 0 Å². The topological polar surface area (TPSA) is 0 Å². The lowest BCUT2D eigenvalue weighted by molar-refractivity contribution is 0.689. The van der Waals surface area contributed by atoms with Crippen molar-refractivity contribution in [3.05, 3.63) is 47.5 Å². The van der Waals surface area contributed by atoms with Crippen LogP contribution in [0.4, 0.5) is 0 Å². The molecule has 0 saturated carbocycles. The van der Waals surface area contributed by atoms with E-state index in [1.54, 1.807) is 0 Å². The monoisotopic (exact) mass is 188 g/mol. The van der Waals surface area contributed by atoms with Crippen molar-refractivity contribution in [2.75, 3.05) is 0 Å². The van der Waals surface area contributed by atoms with E-state index in [-0.39, 0.29) is 0 Å². The van der Waals surface area contributed by atoms with E-state index in [1.165, 1.54) is 24.0 Å². The third-order valence-electron chi connectivity index (χ3n) is 2.52. The van der Waals surface area contributed by atoms with Gasteiger partial charge in [-0.1, -0.05) is 48.9 Å². The Morgan fingerprint density at radius 3 is 2.43 bits per heavy atom. The zero-order valence-corrected chi connectivity index (χ0v) is 9.46. The fourth-order valence-electron chi connectivity index (χ4n) is 1.57. The second-order valence-corrected chi connectivity index (χ2v) is 4.17. The van der Waals surface area contributed by atoms with Crippen molar-refractivity contribution in [3.63, 3.8) is 0 Å². The van der Waals surface area contributed by atoms with Gasteiger partial charge in [0.1, 0.15) is 0 Å². The Morgan fingerprint density at radius 1 is 1.21 bits per heavy atom. The summed E-state index contributed by atoms with van der Waals surface area (Å²) in [4.78, 5) is 0. The Bertz CT molecular complexity index is 278. The number of benzene rings is 1. The van der Waals surface area contributed by atoms with Crippen molar-refractivity contribution < 1.29 is 0 Å². The molecule has 1 atom stereocenters. The lowest BCUT2D eigenvalue weighted by Crippen LogP contribution is -1.91. The summed E-state index contributed by atoms with van der Waals surface area (Å²) in [6, 6.07) is 10.7. The van der Waals surface area contributed by atoms with Crippen LogP contribution >= 0.6 is 0 Å². The van der Waals surface area contributed by atoms with Crippen molar-refractivity contribution in [1.29, 1.82) is 0 Å². The summed E-state index contributed by atoms with van der Waals surface area (Å²) in [5.41, 5.74) is 2.87. The molecule has 0 aliphatic rings. The molecular weight excluding hydrogens is 168 g/mol. The minimum absolute atomic E-state index is 0.673. The lowest BCUT2D eigenvalue weighted by Gasteiger charge is -2.09. The number of hydrogen-bond acceptors (Lipinski definition) is 0. The lowest BCUT2D eigenvalue weighted by atomic mass is 9.96. The first-order valence-electron chi connectivity index (χ1n) is 5.38. The largest absolute Gasteiger partial charge is 0.0859 e. The van der Waals surface area contributed by atoms with Gasteiger partial charge >= 0.3 is 0 Å². The first-order valence-corrected chi connectivity index (χ1v) is 5.38. The normalized spacial score (nSPS) is 12.2. The van der Waals surface area contributed by atoms with Crippen LogP contribution in [0.5, 0.6) is 0 Å². The van der Waals surface area contributed by atoms with Crippen molar-refractivity contribution in [2.24, 2.45) is 0 Å². The van der Waals surface area contributed by atoms with Gasteiger partial charge in [-0.2, -0.15) is 0 Å². The molecular formula is C14H20. The van der Waals surface area contributed by atoms with E-state index in [4.69, 9.17) is 0 Å². The first-order chi connectivity index (χ1) is 6.70. The zero-order chi connectivity index (χ0) is 10.4. The number of hydrogen-bond donors (Lipinski definition) is 0. The molecule has 0 amide bonds. The van der Waals surface area contributed by atoms with Crippen LogP contribution in [0.25, 0.3) is 0 Å². The third kappa shape index (κ3) is 3.78. The van der Waals surface area contributed by atoms with Crippen molar-refractivity contribution >= 4 is 0 Å². The zero-order valence-electron chi connectivity index (χ0n) is 9.46. The standard InChI is InChI=1S/C14H20/c1-12(2)8-7-9-13(3)14-10-5-4-6-11-14/h4-6,8,10-11,13H,7,9H2,1-3H3. The quantitative estimate of drug-likeness (QED) is 0.609. The molecule has 0 spiro atoms.